The van der Waals surface area contributed by atoms with Gasteiger partial charge in [0.1, 0.15) is 11.6 Å². The predicted molar refractivity (Wildman–Crippen MR) is 95.3 cm³/mol. The Balaban J connectivity index is 1.97. The summed E-state index contributed by atoms with van der Waals surface area (Å²) in [6, 6.07) is 7.99. The summed E-state index contributed by atoms with van der Waals surface area (Å²) in [5.74, 6) is -0.873. The number of hydrogen-bond donors (Lipinski definition) is 1. The zero-order valence-electron chi connectivity index (χ0n) is 14.7. The Kier molecular flexibility index (Phi) is 6.72. The SMILES string of the molecule is C=CCc1ccc(OCC(=O)NC(C)c2ccc(F)cc2F)c(OC)c1. The number of methoxy groups -OCH3 is 1. The van der Waals surface area contributed by atoms with Crippen molar-refractivity contribution in [2.75, 3.05) is 13.7 Å². The molecule has 0 aliphatic heterocycles. The molecule has 0 aromatic heterocycles. The lowest BCUT2D eigenvalue weighted by atomic mass is 10.1. The molecule has 0 spiro atoms. The van der Waals surface area contributed by atoms with Crippen LogP contribution in [0.3, 0.4) is 0 Å². The first-order chi connectivity index (χ1) is 12.4. The van der Waals surface area contributed by atoms with E-state index in [1.807, 2.05) is 12.1 Å². The maximum atomic E-state index is 13.8. The molecule has 0 radical (unpaired) electrons. The van der Waals surface area contributed by atoms with Crippen molar-refractivity contribution in [2.24, 2.45) is 0 Å². The molecular formula is C20H21F2NO3. The van der Waals surface area contributed by atoms with E-state index in [-0.39, 0.29) is 12.2 Å². The number of carbonyl (C=O) groups excluding carboxylic acids is 1. The predicted octanol–water partition coefficient (Wildman–Crippen LogP) is 3.96. The van der Waals surface area contributed by atoms with Crippen LogP contribution in [0.25, 0.3) is 0 Å². The number of rotatable bonds is 8. The van der Waals surface area contributed by atoms with E-state index in [0.29, 0.717) is 17.9 Å². The molecule has 2 aromatic carbocycles. The first kappa shape index (κ1) is 19.4. The fraction of sp³-hybridized carbons (Fsp3) is 0.250. The number of nitrogens with one attached hydrogen (secondary N) is 1. The fourth-order valence-electron chi connectivity index (χ4n) is 2.48. The van der Waals surface area contributed by atoms with Crippen molar-refractivity contribution >= 4 is 5.91 Å². The number of amides is 1. The van der Waals surface area contributed by atoms with Crippen molar-refractivity contribution in [1.29, 1.82) is 0 Å². The molecule has 138 valence electrons. The third-order valence-electron chi connectivity index (χ3n) is 3.77. The third kappa shape index (κ3) is 5.05. The van der Waals surface area contributed by atoms with Gasteiger partial charge in [-0.25, -0.2) is 8.78 Å². The van der Waals surface area contributed by atoms with Crippen LogP contribution in [0.2, 0.25) is 0 Å². The number of carbonyl (C=O) groups is 1. The molecule has 0 heterocycles. The highest BCUT2D eigenvalue weighted by Crippen LogP contribution is 2.28. The quantitative estimate of drug-likeness (QED) is 0.724. The van der Waals surface area contributed by atoms with Gasteiger partial charge in [0.05, 0.1) is 13.2 Å². The Labute approximate surface area is 151 Å². The van der Waals surface area contributed by atoms with Crippen LogP contribution in [0.5, 0.6) is 11.5 Å². The highest BCUT2D eigenvalue weighted by atomic mass is 19.1. The van der Waals surface area contributed by atoms with E-state index in [9.17, 15) is 13.6 Å². The molecule has 26 heavy (non-hydrogen) atoms. The van der Waals surface area contributed by atoms with E-state index in [2.05, 4.69) is 11.9 Å². The number of ether oxygens (including phenoxy) is 2. The molecule has 6 heteroatoms. The van der Waals surface area contributed by atoms with Crippen LogP contribution in [-0.2, 0) is 11.2 Å². The van der Waals surface area contributed by atoms with Gasteiger partial charge in [0, 0.05) is 11.6 Å². The molecule has 1 N–H and O–H groups in total. The van der Waals surface area contributed by atoms with Crippen LogP contribution in [0.4, 0.5) is 8.78 Å². The van der Waals surface area contributed by atoms with Gasteiger partial charge >= 0.3 is 0 Å². The minimum absolute atomic E-state index is 0.200. The number of benzene rings is 2. The summed E-state index contributed by atoms with van der Waals surface area (Å²) in [7, 11) is 1.51. The topological polar surface area (TPSA) is 47.6 Å². The van der Waals surface area contributed by atoms with Crippen molar-refractivity contribution in [3.63, 3.8) is 0 Å². The second kappa shape index (κ2) is 8.99. The molecule has 0 bridgehead atoms. The first-order valence-electron chi connectivity index (χ1n) is 8.09. The van der Waals surface area contributed by atoms with Crippen molar-refractivity contribution in [3.05, 3.63) is 71.8 Å². The lowest BCUT2D eigenvalue weighted by Crippen LogP contribution is -2.31. The molecule has 0 fully saturated rings. The molecule has 1 unspecified atom stereocenters. The summed E-state index contributed by atoms with van der Waals surface area (Å²) in [4.78, 5) is 12.1. The van der Waals surface area contributed by atoms with E-state index in [0.717, 1.165) is 17.7 Å². The van der Waals surface area contributed by atoms with Crippen molar-refractivity contribution < 1.29 is 23.0 Å². The highest BCUT2D eigenvalue weighted by Gasteiger charge is 2.15. The van der Waals surface area contributed by atoms with Gasteiger partial charge in [-0.3, -0.25) is 4.79 Å². The summed E-state index contributed by atoms with van der Waals surface area (Å²) in [6.45, 7) is 5.03. The van der Waals surface area contributed by atoms with Gasteiger partial charge in [-0.05, 0) is 37.1 Å². The van der Waals surface area contributed by atoms with Gasteiger partial charge in [0.25, 0.3) is 5.91 Å². The van der Waals surface area contributed by atoms with E-state index in [4.69, 9.17) is 9.47 Å². The monoisotopic (exact) mass is 361 g/mol. The zero-order chi connectivity index (χ0) is 19.1. The Morgan fingerprint density at radius 3 is 2.65 bits per heavy atom. The van der Waals surface area contributed by atoms with E-state index >= 15 is 0 Å². The smallest absolute Gasteiger partial charge is 0.258 e. The summed E-state index contributed by atoms with van der Waals surface area (Å²) >= 11 is 0. The average molecular weight is 361 g/mol. The molecule has 0 saturated carbocycles. The normalized spacial score (nSPS) is 11.5. The second-order valence-electron chi connectivity index (χ2n) is 5.72. The molecule has 1 amide bonds. The Morgan fingerprint density at radius 1 is 1.23 bits per heavy atom. The third-order valence-corrected chi connectivity index (χ3v) is 3.77. The number of hydrogen-bond acceptors (Lipinski definition) is 3. The molecule has 0 saturated heterocycles. The van der Waals surface area contributed by atoms with Gasteiger partial charge < -0.3 is 14.8 Å². The zero-order valence-corrected chi connectivity index (χ0v) is 14.7. The van der Waals surface area contributed by atoms with Gasteiger partial charge in [0.15, 0.2) is 18.1 Å². The van der Waals surface area contributed by atoms with Crippen molar-refractivity contribution in [2.45, 2.75) is 19.4 Å². The van der Waals surface area contributed by atoms with Crippen molar-refractivity contribution in [3.8, 4) is 11.5 Å². The van der Waals surface area contributed by atoms with E-state index in [1.165, 1.54) is 13.2 Å². The second-order valence-corrected chi connectivity index (χ2v) is 5.72. The Morgan fingerprint density at radius 2 is 2.00 bits per heavy atom. The Hall–Kier alpha value is -2.89. The minimum atomic E-state index is -0.710. The van der Waals surface area contributed by atoms with Crippen LogP contribution >= 0.6 is 0 Å². The van der Waals surface area contributed by atoms with E-state index < -0.39 is 23.6 Å². The van der Waals surface area contributed by atoms with Gasteiger partial charge in [-0.2, -0.15) is 0 Å². The molecule has 4 nitrogen and oxygen atoms in total. The van der Waals surface area contributed by atoms with Gasteiger partial charge in [-0.1, -0.05) is 18.2 Å². The fourth-order valence-corrected chi connectivity index (χ4v) is 2.48. The number of halogens is 2. The molecule has 2 rings (SSSR count). The maximum Gasteiger partial charge on any atom is 0.258 e. The lowest BCUT2D eigenvalue weighted by Gasteiger charge is -2.16. The van der Waals surface area contributed by atoms with Gasteiger partial charge in [-0.15, -0.1) is 6.58 Å². The Bertz CT molecular complexity index is 793. The molecular weight excluding hydrogens is 340 g/mol. The molecule has 1 atom stereocenters. The molecule has 2 aromatic rings. The van der Waals surface area contributed by atoms with Crippen LogP contribution < -0.4 is 14.8 Å². The largest absolute Gasteiger partial charge is 0.493 e. The first-order valence-corrected chi connectivity index (χ1v) is 8.09. The standard InChI is InChI=1S/C20H21F2NO3/c1-4-5-14-6-9-18(19(10-14)25-3)26-12-20(24)23-13(2)16-8-7-15(21)11-17(16)22/h4,6-11,13H,1,5,12H2,2-3H3,(H,23,24). The minimum Gasteiger partial charge on any atom is -0.493 e. The molecule has 0 aliphatic rings. The average Bonchev–Trinajstić information content (AvgIpc) is 2.60. The van der Waals surface area contributed by atoms with Gasteiger partial charge in [0.2, 0.25) is 0 Å². The summed E-state index contributed by atoms with van der Waals surface area (Å²) in [5.41, 5.74) is 1.21. The van der Waals surface area contributed by atoms with Crippen molar-refractivity contribution in [1.82, 2.24) is 5.32 Å². The van der Waals surface area contributed by atoms with Crippen LogP contribution in [0.1, 0.15) is 24.1 Å². The summed E-state index contributed by atoms with van der Waals surface area (Å²) < 4.78 is 37.5. The maximum absolute atomic E-state index is 13.8. The van der Waals surface area contributed by atoms with E-state index in [1.54, 1.807) is 19.1 Å². The van der Waals surface area contributed by atoms with Crippen LogP contribution in [0.15, 0.2) is 49.1 Å². The summed E-state index contributed by atoms with van der Waals surface area (Å²) in [5, 5.41) is 2.62. The lowest BCUT2D eigenvalue weighted by molar-refractivity contribution is -0.123. The molecule has 0 aliphatic carbocycles. The van der Waals surface area contributed by atoms with Crippen LogP contribution in [0, 0.1) is 11.6 Å². The number of allylic oxidation sites excluding steroid dienone is 1. The highest BCUT2D eigenvalue weighted by molar-refractivity contribution is 5.78. The summed E-state index contributed by atoms with van der Waals surface area (Å²) in [6.07, 6.45) is 2.47. The van der Waals surface area contributed by atoms with Crippen LogP contribution in [-0.4, -0.2) is 19.6 Å².